The average molecular weight is 259 g/mol. The van der Waals surface area contributed by atoms with E-state index in [2.05, 4.69) is 4.98 Å². The number of nitrogens with one attached hydrogen (secondary N) is 1. The molecule has 4 nitrogen and oxygen atoms in total. The Morgan fingerprint density at radius 1 is 1.26 bits per heavy atom. The molecular weight excluding hydrogens is 242 g/mol. The maximum atomic E-state index is 12.0. The zero-order valence-electron chi connectivity index (χ0n) is 11.3. The van der Waals surface area contributed by atoms with E-state index in [1.54, 1.807) is 14.0 Å². The van der Waals surface area contributed by atoms with Gasteiger partial charge in [-0.3, -0.25) is 0 Å². The number of carbonyl (C=O) groups excluding carboxylic acids is 1. The van der Waals surface area contributed by atoms with Crippen LogP contribution in [-0.2, 0) is 4.74 Å². The Bertz CT molecular complexity index is 570. The highest BCUT2D eigenvalue weighted by atomic mass is 16.5. The van der Waals surface area contributed by atoms with Crippen molar-refractivity contribution < 1.29 is 14.3 Å². The molecule has 0 amide bonds. The van der Waals surface area contributed by atoms with Crippen LogP contribution in [0.1, 0.15) is 22.8 Å². The van der Waals surface area contributed by atoms with Crippen LogP contribution in [0.4, 0.5) is 0 Å². The minimum Gasteiger partial charge on any atom is -0.497 e. The number of hydrogen-bond donors (Lipinski definition) is 1. The van der Waals surface area contributed by atoms with Crippen LogP contribution in [-0.4, -0.2) is 24.7 Å². The van der Waals surface area contributed by atoms with E-state index in [1.165, 1.54) is 0 Å². The number of esters is 1. The van der Waals surface area contributed by atoms with Crippen molar-refractivity contribution in [2.45, 2.75) is 13.8 Å². The van der Waals surface area contributed by atoms with Gasteiger partial charge in [-0.1, -0.05) is 0 Å². The third-order valence-electron chi connectivity index (χ3n) is 2.94. The molecule has 0 radical (unpaired) electrons. The van der Waals surface area contributed by atoms with Crippen LogP contribution in [0.5, 0.6) is 5.75 Å². The van der Waals surface area contributed by atoms with Gasteiger partial charge in [-0.15, -0.1) is 0 Å². The molecule has 0 aliphatic carbocycles. The maximum absolute atomic E-state index is 12.0. The van der Waals surface area contributed by atoms with Crippen molar-refractivity contribution >= 4 is 5.97 Å². The molecule has 1 aromatic heterocycles. The summed E-state index contributed by atoms with van der Waals surface area (Å²) in [4.78, 5) is 15.1. The summed E-state index contributed by atoms with van der Waals surface area (Å²) in [6.45, 7) is 4.05. The SMILES string of the molecule is CCOC(=O)c1c(C)c[nH]c1-c1ccc(OC)cc1. The summed E-state index contributed by atoms with van der Waals surface area (Å²) < 4.78 is 10.2. The number of hydrogen-bond acceptors (Lipinski definition) is 3. The molecule has 2 aromatic rings. The second kappa shape index (κ2) is 5.61. The van der Waals surface area contributed by atoms with Crippen molar-refractivity contribution in [2.75, 3.05) is 13.7 Å². The van der Waals surface area contributed by atoms with E-state index in [0.717, 1.165) is 22.6 Å². The molecule has 0 saturated carbocycles. The van der Waals surface area contributed by atoms with Gasteiger partial charge in [-0.2, -0.15) is 0 Å². The van der Waals surface area contributed by atoms with Crippen molar-refractivity contribution in [2.24, 2.45) is 0 Å². The Balaban J connectivity index is 2.41. The van der Waals surface area contributed by atoms with Gasteiger partial charge in [-0.25, -0.2) is 4.79 Å². The van der Waals surface area contributed by atoms with Crippen molar-refractivity contribution in [1.82, 2.24) is 4.98 Å². The van der Waals surface area contributed by atoms with Gasteiger partial charge < -0.3 is 14.5 Å². The van der Waals surface area contributed by atoms with Crippen LogP contribution < -0.4 is 4.74 Å². The molecule has 1 heterocycles. The first-order chi connectivity index (χ1) is 9.17. The molecule has 1 N–H and O–H groups in total. The van der Waals surface area contributed by atoms with Crippen LogP contribution in [0, 0.1) is 6.92 Å². The van der Waals surface area contributed by atoms with E-state index in [-0.39, 0.29) is 5.97 Å². The number of rotatable bonds is 4. The predicted molar refractivity (Wildman–Crippen MR) is 73.5 cm³/mol. The Hall–Kier alpha value is -2.23. The minimum absolute atomic E-state index is 0.299. The minimum atomic E-state index is -0.299. The average Bonchev–Trinajstić information content (AvgIpc) is 2.81. The van der Waals surface area contributed by atoms with E-state index >= 15 is 0 Å². The molecule has 0 spiro atoms. The van der Waals surface area contributed by atoms with Gasteiger partial charge in [0.25, 0.3) is 0 Å². The molecule has 0 bridgehead atoms. The lowest BCUT2D eigenvalue weighted by Gasteiger charge is -2.06. The fraction of sp³-hybridized carbons (Fsp3) is 0.267. The highest BCUT2D eigenvalue weighted by Gasteiger charge is 2.18. The molecule has 1 aromatic carbocycles. The first kappa shape index (κ1) is 13.2. The van der Waals surface area contributed by atoms with Crippen LogP contribution in [0.2, 0.25) is 0 Å². The van der Waals surface area contributed by atoms with Gasteiger partial charge in [0.2, 0.25) is 0 Å². The van der Waals surface area contributed by atoms with Crippen LogP contribution in [0.3, 0.4) is 0 Å². The summed E-state index contributed by atoms with van der Waals surface area (Å²) in [5, 5.41) is 0. The van der Waals surface area contributed by atoms with Crippen molar-refractivity contribution in [3.8, 4) is 17.0 Å². The summed E-state index contributed by atoms with van der Waals surface area (Å²) in [6, 6.07) is 7.54. The van der Waals surface area contributed by atoms with Gasteiger partial charge in [0, 0.05) is 6.20 Å². The maximum Gasteiger partial charge on any atom is 0.340 e. The van der Waals surface area contributed by atoms with Gasteiger partial charge >= 0.3 is 5.97 Å². The lowest BCUT2D eigenvalue weighted by atomic mass is 10.1. The summed E-state index contributed by atoms with van der Waals surface area (Å²) in [7, 11) is 1.62. The number of benzene rings is 1. The van der Waals surface area contributed by atoms with E-state index in [9.17, 15) is 4.79 Å². The Labute approximate surface area is 112 Å². The van der Waals surface area contributed by atoms with E-state index in [0.29, 0.717) is 12.2 Å². The summed E-state index contributed by atoms with van der Waals surface area (Å²) in [6.07, 6.45) is 1.81. The number of aryl methyl sites for hydroxylation is 1. The smallest absolute Gasteiger partial charge is 0.340 e. The molecule has 4 heteroatoms. The molecule has 0 aliphatic rings. The van der Waals surface area contributed by atoms with E-state index in [4.69, 9.17) is 9.47 Å². The van der Waals surface area contributed by atoms with E-state index in [1.807, 2.05) is 37.4 Å². The number of carbonyl (C=O) groups is 1. The predicted octanol–water partition coefficient (Wildman–Crippen LogP) is 3.18. The highest BCUT2D eigenvalue weighted by Crippen LogP contribution is 2.27. The largest absolute Gasteiger partial charge is 0.497 e. The molecule has 0 unspecified atom stereocenters. The normalized spacial score (nSPS) is 10.3. The summed E-state index contributed by atoms with van der Waals surface area (Å²) in [5.41, 5.74) is 3.17. The van der Waals surface area contributed by atoms with Crippen molar-refractivity contribution in [1.29, 1.82) is 0 Å². The monoisotopic (exact) mass is 259 g/mol. The Morgan fingerprint density at radius 2 is 1.95 bits per heavy atom. The zero-order chi connectivity index (χ0) is 13.8. The zero-order valence-corrected chi connectivity index (χ0v) is 11.3. The van der Waals surface area contributed by atoms with Gasteiger partial charge in [-0.05, 0) is 49.2 Å². The standard InChI is InChI=1S/C15H17NO3/c1-4-19-15(17)13-10(2)9-16-14(13)11-5-7-12(18-3)8-6-11/h5-9,16H,4H2,1-3H3. The number of methoxy groups -OCH3 is 1. The fourth-order valence-corrected chi connectivity index (χ4v) is 1.97. The second-order valence-corrected chi connectivity index (χ2v) is 4.17. The number of aromatic nitrogens is 1. The van der Waals surface area contributed by atoms with Gasteiger partial charge in [0.1, 0.15) is 5.75 Å². The Morgan fingerprint density at radius 3 is 2.53 bits per heavy atom. The van der Waals surface area contributed by atoms with Crippen molar-refractivity contribution in [3.63, 3.8) is 0 Å². The van der Waals surface area contributed by atoms with Crippen molar-refractivity contribution in [3.05, 3.63) is 41.6 Å². The number of ether oxygens (including phenoxy) is 2. The highest BCUT2D eigenvalue weighted by molar-refractivity contribution is 5.98. The molecule has 100 valence electrons. The molecule has 0 saturated heterocycles. The molecule has 2 rings (SSSR count). The number of H-pyrrole nitrogens is 1. The van der Waals surface area contributed by atoms with Crippen LogP contribution in [0.25, 0.3) is 11.3 Å². The molecule has 0 fully saturated rings. The summed E-state index contributed by atoms with van der Waals surface area (Å²) in [5.74, 6) is 0.483. The fourth-order valence-electron chi connectivity index (χ4n) is 1.97. The molecule has 19 heavy (non-hydrogen) atoms. The van der Waals surface area contributed by atoms with Crippen LogP contribution in [0.15, 0.2) is 30.5 Å². The van der Waals surface area contributed by atoms with Crippen LogP contribution >= 0.6 is 0 Å². The van der Waals surface area contributed by atoms with Gasteiger partial charge in [0.05, 0.1) is 25.0 Å². The molecule has 0 atom stereocenters. The quantitative estimate of drug-likeness (QED) is 0.858. The van der Waals surface area contributed by atoms with Gasteiger partial charge in [0.15, 0.2) is 0 Å². The lowest BCUT2D eigenvalue weighted by molar-refractivity contribution is 0.0527. The first-order valence-corrected chi connectivity index (χ1v) is 6.17. The number of aromatic amines is 1. The molecule has 0 aliphatic heterocycles. The second-order valence-electron chi connectivity index (χ2n) is 4.17. The third-order valence-corrected chi connectivity index (χ3v) is 2.94. The summed E-state index contributed by atoms with van der Waals surface area (Å²) >= 11 is 0. The third kappa shape index (κ3) is 2.62. The molecular formula is C15H17NO3. The Kier molecular flexibility index (Phi) is 3.90. The lowest BCUT2D eigenvalue weighted by Crippen LogP contribution is -2.06. The topological polar surface area (TPSA) is 51.3 Å². The van der Waals surface area contributed by atoms with E-state index < -0.39 is 0 Å². The first-order valence-electron chi connectivity index (χ1n) is 6.17.